The highest BCUT2D eigenvalue weighted by Gasteiger charge is 2.13. The van der Waals surface area contributed by atoms with Crippen molar-refractivity contribution in [1.29, 1.82) is 0 Å². The summed E-state index contributed by atoms with van der Waals surface area (Å²) in [5, 5.41) is 3.99. The molecule has 0 unspecified atom stereocenters. The van der Waals surface area contributed by atoms with E-state index in [0.29, 0.717) is 34.8 Å². The normalized spacial score (nSPS) is 10.7. The molecule has 6 nitrogen and oxygen atoms in total. The number of carbonyl (C=O) groups excluding carboxylic acids is 2. The zero-order valence-electron chi connectivity index (χ0n) is 16.5. The first-order chi connectivity index (χ1) is 15.0. The highest BCUT2D eigenvalue weighted by atomic mass is 79.9. The number of carbonyl (C=O) groups is 2. The second-order valence-corrected chi connectivity index (χ2v) is 8.08. The lowest BCUT2D eigenvalue weighted by Gasteiger charge is -2.11. The van der Waals surface area contributed by atoms with Crippen molar-refractivity contribution in [1.82, 2.24) is 5.43 Å². The van der Waals surface area contributed by atoms with Gasteiger partial charge in [-0.2, -0.15) is 5.10 Å². The van der Waals surface area contributed by atoms with Gasteiger partial charge in [-0.3, -0.25) is 4.79 Å². The van der Waals surface area contributed by atoms with Crippen LogP contribution in [-0.2, 0) is 0 Å². The molecular weight excluding hydrogens is 528 g/mol. The van der Waals surface area contributed by atoms with E-state index in [2.05, 4.69) is 42.4 Å². The first-order valence-corrected chi connectivity index (χ1v) is 10.9. The molecule has 1 amide bonds. The Morgan fingerprint density at radius 2 is 1.71 bits per heavy atom. The summed E-state index contributed by atoms with van der Waals surface area (Å²) in [4.78, 5) is 24.6. The van der Waals surface area contributed by atoms with E-state index in [1.165, 1.54) is 6.21 Å². The number of hydrogen-bond acceptors (Lipinski definition) is 5. The van der Waals surface area contributed by atoms with Crippen molar-refractivity contribution in [2.45, 2.75) is 6.92 Å². The minimum Gasteiger partial charge on any atom is -0.490 e. The van der Waals surface area contributed by atoms with Crippen LogP contribution >= 0.6 is 31.9 Å². The molecule has 3 aromatic carbocycles. The third-order valence-electron chi connectivity index (χ3n) is 4.02. The van der Waals surface area contributed by atoms with Gasteiger partial charge in [0.1, 0.15) is 0 Å². The van der Waals surface area contributed by atoms with Gasteiger partial charge in [0.15, 0.2) is 11.5 Å². The quantitative estimate of drug-likeness (QED) is 0.182. The van der Waals surface area contributed by atoms with Crippen LogP contribution in [0, 0.1) is 0 Å². The Balaban J connectivity index is 1.70. The number of hydrogen-bond donors (Lipinski definition) is 1. The summed E-state index contributed by atoms with van der Waals surface area (Å²) in [7, 11) is 0. The lowest BCUT2D eigenvalue weighted by molar-refractivity contribution is 0.0728. The van der Waals surface area contributed by atoms with Crippen LogP contribution in [0.5, 0.6) is 11.5 Å². The van der Waals surface area contributed by atoms with Gasteiger partial charge in [0, 0.05) is 14.5 Å². The highest BCUT2D eigenvalue weighted by molar-refractivity contribution is 9.10. The van der Waals surface area contributed by atoms with E-state index in [1.807, 2.05) is 13.0 Å². The molecule has 0 spiro atoms. The molecule has 158 valence electrons. The maximum absolute atomic E-state index is 12.4. The third-order valence-corrected chi connectivity index (χ3v) is 5.04. The number of nitrogens with one attached hydrogen (secondary N) is 1. The van der Waals surface area contributed by atoms with Crippen LogP contribution in [0.2, 0.25) is 0 Å². The van der Waals surface area contributed by atoms with Crippen LogP contribution < -0.4 is 14.9 Å². The molecule has 0 saturated heterocycles. The van der Waals surface area contributed by atoms with Gasteiger partial charge in [0.2, 0.25) is 0 Å². The van der Waals surface area contributed by atoms with E-state index >= 15 is 0 Å². The second-order valence-electron chi connectivity index (χ2n) is 6.25. The summed E-state index contributed by atoms with van der Waals surface area (Å²) in [6.45, 7) is 2.22. The molecule has 0 saturated carbocycles. The van der Waals surface area contributed by atoms with Gasteiger partial charge in [-0.25, -0.2) is 10.2 Å². The lowest BCUT2D eigenvalue weighted by Crippen LogP contribution is -2.17. The lowest BCUT2D eigenvalue weighted by atomic mass is 10.2. The molecule has 0 aliphatic rings. The largest absolute Gasteiger partial charge is 0.490 e. The molecular formula is C23H18Br2N2O4. The number of halogens is 2. The average Bonchev–Trinajstić information content (AvgIpc) is 2.76. The molecule has 0 radical (unpaired) electrons. The van der Waals surface area contributed by atoms with Gasteiger partial charge in [-0.1, -0.05) is 37.9 Å². The third kappa shape index (κ3) is 6.50. The number of benzene rings is 3. The molecule has 0 aromatic heterocycles. The number of amides is 1. The minimum atomic E-state index is -0.490. The van der Waals surface area contributed by atoms with E-state index < -0.39 is 5.97 Å². The van der Waals surface area contributed by atoms with Crippen LogP contribution in [0.1, 0.15) is 33.2 Å². The predicted molar refractivity (Wildman–Crippen MR) is 126 cm³/mol. The summed E-state index contributed by atoms with van der Waals surface area (Å²) >= 11 is 6.66. The van der Waals surface area contributed by atoms with Gasteiger partial charge in [0.05, 0.1) is 18.4 Å². The predicted octanol–water partition coefficient (Wildman–Crippen LogP) is 5.59. The zero-order chi connectivity index (χ0) is 22.2. The number of rotatable bonds is 7. The molecule has 8 heteroatoms. The van der Waals surface area contributed by atoms with E-state index in [0.717, 1.165) is 8.95 Å². The maximum atomic E-state index is 12.4. The maximum Gasteiger partial charge on any atom is 0.343 e. The first kappa shape index (κ1) is 22.7. The van der Waals surface area contributed by atoms with Crippen LogP contribution in [0.15, 0.2) is 80.8 Å². The van der Waals surface area contributed by atoms with Crippen molar-refractivity contribution in [3.8, 4) is 11.5 Å². The first-order valence-electron chi connectivity index (χ1n) is 9.30. The molecule has 0 atom stereocenters. The smallest absolute Gasteiger partial charge is 0.343 e. The van der Waals surface area contributed by atoms with Gasteiger partial charge in [-0.05, 0) is 73.2 Å². The molecule has 0 heterocycles. The number of ether oxygens (including phenoxy) is 2. The molecule has 0 aliphatic carbocycles. The number of nitrogens with zero attached hydrogens (tertiary/aromatic N) is 1. The van der Waals surface area contributed by atoms with Gasteiger partial charge in [0.25, 0.3) is 5.91 Å². The Bertz CT molecular complexity index is 1110. The summed E-state index contributed by atoms with van der Waals surface area (Å²) < 4.78 is 12.8. The monoisotopic (exact) mass is 544 g/mol. The Kier molecular flexibility index (Phi) is 7.97. The molecule has 3 aromatic rings. The van der Waals surface area contributed by atoms with Gasteiger partial charge >= 0.3 is 5.97 Å². The van der Waals surface area contributed by atoms with Crippen LogP contribution in [0.3, 0.4) is 0 Å². The fraction of sp³-hybridized carbons (Fsp3) is 0.0870. The Morgan fingerprint density at radius 1 is 0.935 bits per heavy atom. The SMILES string of the molecule is CCOc1cc(C=NNC(=O)c2cccc(Br)c2)ccc1OC(=O)c1ccc(Br)cc1. The molecule has 0 bridgehead atoms. The zero-order valence-corrected chi connectivity index (χ0v) is 19.6. The topological polar surface area (TPSA) is 77.0 Å². The van der Waals surface area contributed by atoms with Crippen molar-refractivity contribution < 1.29 is 19.1 Å². The van der Waals surface area contributed by atoms with Crippen LogP contribution in [-0.4, -0.2) is 24.7 Å². The molecule has 1 N–H and O–H groups in total. The molecule has 0 fully saturated rings. The van der Waals surface area contributed by atoms with E-state index in [4.69, 9.17) is 9.47 Å². The summed E-state index contributed by atoms with van der Waals surface area (Å²) in [6, 6.07) is 18.9. The van der Waals surface area contributed by atoms with E-state index in [1.54, 1.807) is 60.7 Å². The van der Waals surface area contributed by atoms with Crippen molar-refractivity contribution in [3.63, 3.8) is 0 Å². The standard InChI is InChI=1S/C23H18Br2N2O4/c1-2-30-21-12-15(14-26-27-22(28)17-4-3-5-19(25)13-17)6-11-20(21)31-23(29)16-7-9-18(24)10-8-16/h3-14H,2H2,1H3,(H,27,28). The molecule has 31 heavy (non-hydrogen) atoms. The Morgan fingerprint density at radius 3 is 2.42 bits per heavy atom. The summed E-state index contributed by atoms with van der Waals surface area (Å²) in [6.07, 6.45) is 1.48. The Labute approximate surface area is 196 Å². The fourth-order valence-electron chi connectivity index (χ4n) is 2.56. The van der Waals surface area contributed by atoms with Crippen LogP contribution in [0.25, 0.3) is 0 Å². The molecule has 3 rings (SSSR count). The van der Waals surface area contributed by atoms with E-state index in [-0.39, 0.29) is 5.91 Å². The number of hydrazone groups is 1. The summed E-state index contributed by atoms with van der Waals surface area (Å²) in [5.74, 6) is -0.126. The highest BCUT2D eigenvalue weighted by Crippen LogP contribution is 2.29. The van der Waals surface area contributed by atoms with Gasteiger partial charge < -0.3 is 9.47 Å². The number of esters is 1. The minimum absolute atomic E-state index is 0.296. The van der Waals surface area contributed by atoms with Gasteiger partial charge in [-0.15, -0.1) is 0 Å². The van der Waals surface area contributed by atoms with Crippen molar-refractivity contribution in [2.24, 2.45) is 5.10 Å². The fourth-order valence-corrected chi connectivity index (χ4v) is 3.23. The van der Waals surface area contributed by atoms with Crippen LogP contribution in [0.4, 0.5) is 0 Å². The average molecular weight is 546 g/mol. The van der Waals surface area contributed by atoms with E-state index in [9.17, 15) is 9.59 Å². The van der Waals surface area contributed by atoms with Crippen molar-refractivity contribution in [3.05, 3.63) is 92.4 Å². The summed E-state index contributed by atoms with van der Waals surface area (Å²) in [5.41, 5.74) is 4.05. The van der Waals surface area contributed by atoms with Crippen molar-refractivity contribution in [2.75, 3.05) is 6.61 Å². The molecule has 0 aliphatic heterocycles. The Hall–Kier alpha value is -2.97. The second kappa shape index (κ2) is 10.9. The van der Waals surface area contributed by atoms with Crippen molar-refractivity contribution >= 4 is 50.0 Å².